The lowest BCUT2D eigenvalue weighted by Crippen LogP contribution is -2.12. The maximum atomic E-state index is 13.7. The number of methoxy groups -OCH3 is 1. The fourth-order valence-electron chi connectivity index (χ4n) is 3.03. The number of sulfone groups is 1. The standard InChI is InChI=1S/C22H19FO6S/c1-14-10-16(23)11-18(22(24)25)21(14)30(26,27)17-8-9-19(20(12-17)28-2)29-13-15-6-4-3-5-7-15/h3-12H,13H2,1-2H3,(H,24,25). The minimum atomic E-state index is -4.26. The Balaban J connectivity index is 2.01. The Morgan fingerprint density at radius 2 is 1.73 bits per heavy atom. The van der Waals surface area contributed by atoms with Gasteiger partial charge < -0.3 is 14.6 Å². The second-order valence-electron chi connectivity index (χ2n) is 6.49. The minimum absolute atomic E-state index is 0.00392. The molecule has 3 rings (SSSR count). The van der Waals surface area contributed by atoms with Gasteiger partial charge in [-0.25, -0.2) is 17.6 Å². The van der Waals surface area contributed by atoms with Crippen molar-refractivity contribution in [3.63, 3.8) is 0 Å². The van der Waals surface area contributed by atoms with Crippen LogP contribution in [-0.2, 0) is 16.4 Å². The van der Waals surface area contributed by atoms with Crippen LogP contribution in [0.5, 0.6) is 11.5 Å². The molecule has 0 radical (unpaired) electrons. The Bertz CT molecular complexity index is 1190. The highest BCUT2D eigenvalue weighted by Crippen LogP contribution is 2.35. The number of carboxylic acid groups (broad SMARTS) is 1. The zero-order valence-corrected chi connectivity index (χ0v) is 17.1. The molecule has 156 valence electrons. The average molecular weight is 430 g/mol. The van der Waals surface area contributed by atoms with Gasteiger partial charge in [-0.15, -0.1) is 0 Å². The summed E-state index contributed by atoms with van der Waals surface area (Å²) in [5, 5.41) is 9.37. The quantitative estimate of drug-likeness (QED) is 0.564. The number of carboxylic acids is 1. The highest BCUT2D eigenvalue weighted by Gasteiger charge is 2.28. The first-order chi connectivity index (χ1) is 14.2. The van der Waals surface area contributed by atoms with Gasteiger partial charge in [0.1, 0.15) is 12.4 Å². The molecule has 0 aliphatic rings. The third kappa shape index (κ3) is 4.28. The predicted molar refractivity (Wildman–Crippen MR) is 107 cm³/mol. The molecule has 0 heterocycles. The van der Waals surface area contributed by atoms with E-state index in [1.807, 2.05) is 30.3 Å². The monoisotopic (exact) mass is 430 g/mol. The molecule has 30 heavy (non-hydrogen) atoms. The van der Waals surface area contributed by atoms with Crippen molar-refractivity contribution in [2.75, 3.05) is 7.11 Å². The van der Waals surface area contributed by atoms with Crippen LogP contribution in [0.2, 0.25) is 0 Å². The molecule has 0 aromatic heterocycles. The van der Waals surface area contributed by atoms with Gasteiger partial charge in [0.2, 0.25) is 9.84 Å². The van der Waals surface area contributed by atoms with Gasteiger partial charge in [-0.2, -0.15) is 0 Å². The molecule has 3 aromatic carbocycles. The van der Waals surface area contributed by atoms with Crippen LogP contribution in [0.25, 0.3) is 0 Å². The summed E-state index contributed by atoms with van der Waals surface area (Å²) in [4.78, 5) is 10.9. The van der Waals surface area contributed by atoms with Crippen molar-refractivity contribution in [1.29, 1.82) is 0 Å². The number of hydrogen-bond acceptors (Lipinski definition) is 5. The molecule has 0 saturated heterocycles. The number of carbonyl (C=O) groups is 1. The molecule has 0 atom stereocenters. The van der Waals surface area contributed by atoms with Gasteiger partial charge in [0.05, 0.1) is 22.5 Å². The molecule has 0 saturated carbocycles. The van der Waals surface area contributed by atoms with E-state index in [9.17, 15) is 22.7 Å². The summed E-state index contributed by atoms with van der Waals surface area (Å²) in [5.74, 6) is -1.87. The molecule has 0 spiro atoms. The largest absolute Gasteiger partial charge is 0.493 e. The fourth-order valence-corrected chi connectivity index (χ4v) is 4.70. The van der Waals surface area contributed by atoms with Crippen LogP contribution in [0.4, 0.5) is 4.39 Å². The Kier molecular flexibility index (Phi) is 6.07. The first-order valence-corrected chi connectivity index (χ1v) is 10.4. The van der Waals surface area contributed by atoms with Gasteiger partial charge in [-0.1, -0.05) is 30.3 Å². The molecule has 0 aliphatic heterocycles. The van der Waals surface area contributed by atoms with Crippen LogP contribution in [-0.4, -0.2) is 26.6 Å². The van der Waals surface area contributed by atoms with Gasteiger partial charge in [0, 0.05) is 6.07 Å². The third-order valence-electron chi connectivity index (χ3n) is 4.42. The normalized spacial score (nSPS) is 11.2. The number of ether oxygens (including phenoxy) is 2. The van der Waals surface area contributed by atoms with Crippen LogP contribution in [0, 0.1) is 12.7 Å². The topological polar surface area (TPSA) is 89.9 Å². The van der Waals surface area contributed by atoms with E-state index >= 15 is 0 Å². The Labute approximate surface area is 173 Å². The number of hydrogen-bond donors (Lipinski definition) is 1. The summed E-state index contributed by atoms with van der Waals surface area (Å²) in [5.41, 5.74) is 0.288. The Hall–Kier alpha value is -3.39. The van der Waals surface area contributed by atoms with Gasteiger partial charge in [0.25, 0.3) is 0 Å². The summed E-state index contributed by atoms with van der Waals surface area (Å²) in [6.45, 7) is 1.60. The molecule has 0 bridgehead atoms. The zero-order chi connectivity index (χ0) is 21.9. The first-order valence-electron chi connectivity index (χ1n) is 8.87. The lowest BCUT2D eigenvalue weighted by atomic mass is 10.1. The van der Waals surface area contributed by atoms with Crippen LogP contribution < -0.4 is 9.47 Å². The SMILES string of the molecule is COc1cc(S(=O)(=O)c2c(C)cc(F)cc2C(=O)O)ccc1OCc1ccccc1. The van der Waals surface area contributed by atoms with Gasteiger partial charge >= 0.3 is 5.97 Å². The van der Waals surface area contributed by atoms with Crippen LogP contribution in [0.1, 0.15) is 21.5 Å². The lowest BCUT2D eigenvalue weighted by Gasteiger charge is -2.15. The molecular weight excluding hydrogens is 411 g/mol. The van der Waals surface area contributed by atoms with E-state index in [2.05, 4.69) is 0 Å². The van der Waals surface area contributed by atoms with Crippen molar-refractivity contribution in [1.82, 2.24) is 0 Å². The van der Waals surface area contributed by atoms with Crippen molar-refractivity contribution in [2.45, 2.75) is 23.3 Å². The molecule has 1 N–H and O–H groups in total. The van der Waals surface area contributed by atoms with Crippen molar-refractivity contribution in [3.05, 3.63) is 83.2 Å². The summed E-state index contributed by atoms with van der Waals surface area (Å²) < 4.78 is 51.0. The van der Waals surface area contributed by atoms with E-state index in [4.69, 9.17) is 9.47 Å². The maximum Gasteiger partial charge on any atom is 0.337 e. The van der Waals surface area contributed by atoms with E-state index in [1.165, 1.54) is 32.2 Å². The Morgan fingerprint density at radius 3 is 2.37 bits per heavy atom. The molecule has 3 aromatic rings. The summed E-state index contributed by atoms with van der Waals surface area (Å²) in [6, 6.07) is 15.1. The number of aryl methyl sites for hydroxylation is 1. The average Bonchev–Trinajstić information content (AvgIpc) is 2.71. The number of benzene rings is 3. The van der Waals surface area contributed by atoms with Crippen molar-refractivity contribution in [3.8, 4) is 11.5 Å². The second kappa shape index (κ2) is 8.54. The van der Waals surface area contributed by atoms with Crippen LogP contribution in [0.15, 0.2) is 70.5 Å². The highest BCUT2D eigenvalue weighted by atomic mass is 32.2. The molecule has 6 nitrogen and oxygen atoms in total. The first kappa shape index (κ1) is 21.3. The molecular formula is C22H19FO6S. The summed E-state index contributed by atoms with van der Waals surface area (Å²) >= 11 is 0. The number of halogens is 1. The maximum absolute atomic E-state index is 13.7. The van der Waals surface area contributed by atoms with E-state index < -0.39 is 32.1 Å². The van der Waals surface area contributed by atoms with E-state index in [-0.39, 0.29) is 22.8 Å². The highest BCUT2D eigenvalue weighted by molar-refractivity contribution is 7.91. The van der Waals surface area contributed by atoms with Gasteiger partial charge in [-0.3, -0.25) is 0 Å². The van der Waals surface area contributed by atoms with Crippen LogP contribution >= 0.6 is 0 Å². The van der Waals surface area contributed by atoms with Crippen LogP contribution in [0.3, 0.4) is 0 Å². The summed E-state index contributed by atoms with van der Waals surface area (Å²) in [6.07, 6.45) is 0. The molecule has 8 heteroatoms. The molecule has 0 amide bonds. The van der Waals surface area contributed by atoms with E-state index in [0.29, 0.717) is 11.8 Å². The van der Waals surface area contributed by atoms with E-state index in [0.717, 1.165) is 11.6 Å². The minimum Gasteiger partial charge on any atom is -0.493 e. The van der Waals surface area contributed by atoms with Crippen molar-refractivity contribution >= 4 is 15.8 Å². The number of rotatable bonds is 7. The van der Waals surface area contributed by atoms with Gasteiger partial charge in [-0.05, 0) is 42.3 Å². The van der Waals surface area contributed by atoms with Crippen molar-refractivity contribution < 1.29 is 32.2 Å². The number of aromatic carboxylic acids is 1. The zero-order valence-electron chi connectivity index (χ0n) is 16.3. The predicted octanol–water partition coefficient (Wildman–Crippen LogP) is 4.25. The van der Waals surface area contributed by atoms with Gasteiger partial charge in [0.15, 0.2) is 11.5 Å². The summed E-state index contributed by atoms with van der Waals surface area (Å²) in [7, 11) is -2.89. The lowest BCUT2D eigenvalue weighted by molar-refractivity contribution is 0.0692. The molecule has 0 fully saturated rings. The smallest absolute Gasteiger partial charge is 0.337 e. The third-order valence-corrected chi connectivity index (χ3v) is 6.37. The molecule has 0 unspecified atom stereocenters. The second-order valence-corrected chi connectivity index (χ2v) is 8.38. The fraction of sp³-hybridized carbons (Fsp3) is 0.136. The molecule has 0 aliphatic carbocycles. The Morgan fingerprint density at radius 1 is 1.03 bits per heavy atom. The van der Waals surface area contributed by atoms with E-state index in [1.54, 1.807) is 0 Å². The van der Waals surface area contributed by atoms with Crippen molar-refractivity contribution in [2.24, 2.45) is 0 Å².